The molecule has 6 rings (SSSR count). The molecule has 0 bridgehead atoms. The molecular formula is C23H25ClN4O4S. The quantitative estimate of drug-likeness (QED) is 0.582. The van der Waals surface area contributed by atoms with Crippen molar-refractivity contribution in [3.05, 3.63) is 56.5 Å². The number of thiophene rings is 1. The van der Waals surface area contributed by atoms with Gasteiger partial charge in [-0.25, -0.2) is 4.68 Å². The number of fused-ring (bicyclic) bond motifs is 3. The van der Waals surface area contributed by atoms with Gasteiger partial charge < -0.3 is 24.6 Å². The standard InChI is InChI=1S/C23H25ClN4O4S/c1-13-8-23(22-15(7-20(24)33-22)18(29)12-32-23)9-16(25-13)17-11-28(27-26-17)10-14-3-2-4-19-21(14)31-6-5-30-19/h2-4,7,11,13,16,18,25,29H,5-6,8-10,12H2,1H3/t13-,16-,18+,23-/m0/s1. The highest BCUT2D eigenvalue weighted by Gasteiger charge is 2.48. The minimum absolute atomic E-state index is 0.0317. The fourth-order valence-electron chi connectivity index (χ4n) is 5.22. The zero-order chi connectivity index (χ0) is 22.6. The van der Waals surface area contributed by atoms with E-state index in [-0.39, 0.29) is 18.7 Å². The first kappa shape index (κ1) is 21.4. The number of rotatable bonds is 3. The van der Waals surface area contributed by atoms with E-state index in [9.17, 15) is 5.11 Å². The monoisotopic (exact) mass is 488 g/mol. The van der Waals surface area contributed by atoms with Crippen molar-refractivity contribution in [3.8, 4) is 11.5 Å². The molecule has 2 N–H and O–H groups in total. The summed E-state index contributed by atoms with van der Waals surface area (Å²) in [5, 5.41) is 22.9. The molecule has 5 heterocycles. The van der Waals surface area contributed by atoms with Gasteiger partial charge in [0.05, 0.1) is 35.4 Å². The van der Waals surface area contributed by atoms with Gasteiger partial charge in [0.2, 0.25) is 0 Å². The van der Waals surface area contributed by atoms with E-state index in [4.69, 9.17) is 25.8 Å². The van der Waals surface area contributed by atoms with Gasteiger partial charge in [0.1, 0.15) is 24.9 Å². The normalized spacial score (nSPS) is 28.6. The van der Waals surface area contributed by atoms with E-state index in [0.717, 1.165) is 39.6 Å². The number of hydrogen-bond donors (Lipinski definition) is 2. The highest BCUT2D eigenvalue weighted by atomic mass is 35.5. The zero-order valence-electron chi connectivity index (χ0n) is 18.2. The Hall–Kier alpha value is -2.17. The minimum Gasteiger partial charge on any atom is -0.486 e. The Labute approximate surface area is 200 Å². The van der Waals surface area contributed by atoms with Crippen molar-refractivity contribution >= 4 is 22.9 Å². The lowest BCUT2D eigenvalue weighted by Gasteiger charge is -2.46. The van der Waals surface area contributed by atoms with E-state index in [2.05, 4.69) is 22.6 Å². The maximum absolute atomic E-state index is 10.4. The summed E-state index contributed by atoms with van der Waals surface area (Å²) in [7, 11) is 0. The molecule has 3 aromatic rings. The lowest BCUT2D eigenvalue weighted by molar-refractivity contribution is -0.129. The maximum atomic E-state index is 10.4. The van der Waals surface area contributed by atoms with Crippen LogP contribution in [-0.4, -0.2) is 46.0 Å². The van der Waals surface area contributed by atoms with Gasteiger partial charge in [0.15, 0.2) is 11.5 Å². The van der Waals surface area contributed by atoms with Crippen molar-refractivity contribution in [1.82, 2.24) is 20.3 Å². The number of benzene rings is 1. The highest BCUT2D eigenvalue weighted by Crippen LogP contribution is 2.51. The van der Waals surface area contributed by atoms with Gasteiger partial charge in [0, 0.05) is 28.5 Å². The van der Waals surface area contributed by atoms with Gasteiger partial charge in [0.25, 0.3) is 0 Å². The molecule has 1 aromatic carbocycles. The Kier molecular flexibility index (Phi) is 5.34. The summed E-state index contributed by atoms with van der Waals surface area (Å²) in [5.41, 5.74) is 2.27. The Morgan fingerprint density at radius 2 is 2.18 bits per heavy atom. The van der Waals surface area contributed by atoms with Crippen LogP contribution in [0.2, 0.25) is 4.34 Å². The molecule has 1 fully saturated rings. The molecule has 2 aromatic heterocycles. The van der Waals surface area contributed by atoms with E-state index in [1.165, 1.54) is 11.3 Å². The second kappa shape index (κ2) is 8.25. The van der Waals surface area contributed by atoms with Crippen molar-refractivity contribution in [1.29, 1.82) is 0 Å². The molecular weight excluding hydrogens is 464 g/mol. The molecule has 0 aliphatic carbocycles. The van der Waals surface area contributed by atoms with Crippen molar-refractivity contribution in [2.75, 3.05) is 19.8 Å². The number of ether oxygens (including phenoxy) is 3. The number of nitrogens with zero attached hydrogens (tertiary/aromatic N) is 3. The molecule has 0 amide bonds. The first-order valence-corrected chi connectivity index (χ1v) is 12.4. The van der Waals surface area contributed by atoms with Crippen LogP contribution in [0, 0.1) is 0 Å². The number of para-hydroxylation sites is 1. The lowest BCUT2D eigenvalue weighted by Crippen LogP contribution is -2.50. The highest BCUT2D eigenvalue weighted by molar-refractivity contribution is 7.16. The van der Waals surface area contributed by atoms with Crippen molar-refractivity contribution in [2.45, 2.75) is 50.1 Å². The van der Waals surface area contributed by atoms with Crippen molar-refractivity contribution in [2.24, 2.45) is 0 Å². The third kappa shape index (κ3) is 3.81. The maximum Gasteiger partial charge on any atom is 0.166 e. The summed E-state index contributed by atoms with van der Waals surface area (Å²) >= 11 is 7.83. The van der Waals surface area contributed by atoms with Crippen LogP contribution >= 0.6 is 22.9 Å². The topological polar surface area (TPSA) is 90.7 Å². The van der Waals surface area contributed by atoms with Gasteiger partial charge in [-0.15, -0.1) is 16.4 Å². The van der Waals surface area contributed by atoms with Crippen molar-refractivity contribution in [3.63, 3.8) is 0 Å². The first-order valence-electron chi connectivity index (χ1n) is 11.2. The molecule has 1 spiro atoms. The third-order valence-corrected chi connectivity index (χ3v) is 8.04. The second-order valence-corrected chi connectivity index (χ2v) is 10.7. The Morgan fingerprint density at radius 3 is 3.09 bits per heavy atom. The molecule has 1 saturated heterocycles. The van der Waals surface area contributed by atoms with Crippen LogP contribution in [-0.2, 0) is 16.9 Å². The molecule has 8 nitrogen and oxygen atoms in total. The molecule has 3 aliphatic rings. The summed E-state index contributed by atoms with van der Waals surface area (Å²) in [5.74, 6) is 1.55. The Balaban J connectivity index is 1.26. The summed E-state index contributed by atoms with van der Waals surface area (Å²) in [6.45, 7) is 4.07. The average molecular weight is 489 g/mol. The molecule has 10 heteroatoms. The summed E-state index contributed by atoms with van der Waals surface area (Å²) in [4.78, 5) is 1.03. The van der Waals surface area contributed by atoms with Crippen LogP contribution in [0.15, 0.2) is 30.5 Å². The number of hydrogen-bond acceptors (Lipinski definition) is 8. The zero-order valence-corrected chi connectivity index (χ0v) is 19.7. The van der Waals surface area contributed by atoms with E-state index in [0.29, 0.717) is 30.5 Å². The fourth-order valence-corrected chi connectivity index (χ4v) is 6.67. The van der Waals surface area contributed by atoms with Crippen LogP contribution in [0.25, 0.3) is 0 Å². The molecule has 0 unspecified atom stereocenters. The largest absolute Gasteiger partial charge is 0.486 e. The van der Waals surface area contributed by atoms with Crippen molar-refractivity contribution < 1.29 is 19.3 Å². The van der Waals surface area contributed by atoms with Crippen LogP contribution in [0.1, 0.15) is 53.6 Å². The minimum atomic E-state index is -0.637. The molecule has 0 radical (unpaired) electrons. The summed E-state index contributed by atoms with van der Waals surface area (Å²) in [6, 6.07) is 7.95. The smallest absolute Gasteiger partial charge is 0.166 e. The predicted molar refractivity (Wildman–Crippen MR) is 123 cm³/mol. The molecule has 174 valence electrons. The SMILES string of the molecule is C[C@H]1C[C@@]2(C[C@@H](c3cn(Cc4cccc5c4OCCO5)nn3)N1)OC[C@@H](O)c1cc(Cl)sc12. The fraction of sp³-hybridized carbons (Fsp3) is 0.478. The van der Waals surface area contributed by atoms with Gasteiger partial charge in [-0.1, -0.05) is 28.9 Å². The van der Waals surface area contributed by atoms with Crippen LogP contribution in [0.4, 0.5) is 0 Å². The van der Waals surface area contributed by atoms with Crippen LogP contribution in [0.5, 0.6) is 11.5 Å². The number of aliphatic hydroxyl groups excluding tert-OH is 1. The number of aromatic nitrogens is 3. The van der Waals surface area contributed by atoms with E-state index in [1.54, 1.807) is 0 Å². The average Bonchev–Trinajstić information content (AvgIpc) is 3.44. The van der Waals surface area contributed by atoms with E-state index < -0.39 is 11.7 Å². The predicted octanol–water partition coefficient (Wildman–Crippen LogP) is 3.58. The summed E-state index contributed by atoms with van der Waals surface area (Å²) in [6.07, 6.45) is 2.85. The van der Waals surface area contributed by atoms with E-state index >= 15 is 0 Å². The third-order valence-electron chi connectivity index (χ3n) is 6.57. The molecule has 4 atom stereocenters. The first-order chi connectivity index (χ1) is 16.0. The number of halogens is 1. The van der Waals surface area contributed by atoms with E-state index in [1.807, 2.05) is 35.1 Å². The van der Waals surface area contributed by atoms with Gasteiger partial charge in [-0.05, 0) is 25.5 Å². The second-order valence-electron chi connectivity index (χ2n) is 8.97. The lowest BCUT2D eigenvalue weighted by atomic mass is 9.79. The molecule has 33 heavy (non-hydrogen) atoms. The number of nitrogens with one attached hydrogen (secondary N) is 1. The summed E-state index contributed by atoms with van der Waals surface area (Å²) < 4.78 is 20.4. The van der Waals surface area contributed by atoms with Gasteiger partial charge in [-0.3, -0.25) is 0 Å². The Morgan fingerprint density at radius 1 is 1.30 bits per heavy atom. The van der Waals surface area contributed by atoms with Gasteiger partial charge >= 0.3 is 0 Å². The van der Waals surface area contributed by atoms with Crippen LogP contribution < -0.4 is 14.8 Å². The number of aliphatic hydroxyl groups is 1. The Bertz CT molecular complexity index is 1180. The molecule has 3 aliphatic heterocycles. The molecule has 0 saturated carbocycles. The van der Waals surface area contributed by atoms with Gasteiger partial charge in [-0.2, -0.15) is 0 Å². The number of piperidine rings is 1. The van der Waals surface area contributed by atoms with Crippen LogP contribution in [0.3, 0.4) is 0 Å².